The maximum Gasteiger partial charge on any atom is 0.251 e. The third-order valence-electron chi connectivity index (χ3n) is 3.39. The number of nitrogens with one attached hydrogen (secondary N) is 1. The van der Waals surface area contributed by atoms with Crippen LogP contribution in [0.25, 0.3) is 0 Å². The Bertz CT molecular complexity index is 633. The second kappa shape index (κ2) is 6.87. The van der Waals surface area contributed by atoms with Gasteiger partial charge < -0.3 is 10.1 Å². The quantitative estimate of drug-likeness (QED) is 0.906. The zero-order valence-corrected chi connectivity index (χ0v) is 13.7. The zero-order chi connectivity index (χ0) is 15.4. The summed E-state index contributed by atoms with van der Waals surface area (Å²) in [5.41, 5.74) is 2.86. The van der Waals surface area contributed by atoms with Crippen LogP contribution in [0.3, 0.4) is 0 Å². The lowest BCUT2D eigenvalue weighted by Gasteiger charge is -2.14. The van der Waals surface area contributed by atoms with Gasteiger partial charge in [-0.3, -0.25) is 4.79 Å². The Hall–Kier alpha value is -1.65. The maximum absolute atomic E-state index is 12.4. The Morgan fingerprint density at radius 2 is 2.10 bits per heavy atom. The zero-order valence-electron chi connectivity index (χ0n) is 12.9. The van der Waals surface area contributed by atoms with E-state index in [0.29, 0.717) is 12.2 Å². The van der Waals surface area contributed by atoms with Gasteiger partial charge in [0.25, 0.3) is 5.91 Å². The lowest BCUT2D eigenvalue weighted by molar-refractivity contribution is 0.0939. The number of carbonyl (C=O) groups excluding carboxylic acids is 1. The predicted molar refractivity (Wildman–Crippen MR) is 86.8 cm³/mol. The Morgan fingerprint density at radius 1 is 1.33 bits per heavy atom. The number of amides is 1. The molecule has 0 spiro atoms. The highest BCUT2D eigenvalue weighted by Crippen LogP contribution is 2.26. The molecule has 4 heteroatoms. The minimum absolute atomic E-state index is 0.00790. The first kappa shape index (κ1) is 15.7. The van der Waals surface area contributed by atoms with Crippen molar-refractivity contribution in [1.29, 1.82) is 0 Å². The summed E-state index contributed by atoms with van der Waals surface area (Å²) < 4.78 is 5.10. The topological polar surface area (TPSA) is 38.3 Å². The molecule has 1 atom stereocenters. The molecule has 3 nitrogen and oxygen atoms in total. The van der Waals surface area contributed by atoms with Crippen LogP contribution in [0.4, 0.5) is 0 Å². The van der Waals surface area contributed by atoms with E-state index >= 15 is 0 Å². The molecule has 0 bridgehead atoms. The fraction of sp³-hybridized carbons (Fsp3) is 0.353. The summed E-state index contributed by atoms with van der Waals surface area (Å²) in [4.78, 5) is 14.9. The van der Waals surface area contributed by atoms with Crippen molar-refractivity contribution in [3.05, 3.63) is 56.8 Å². The van der Waals surface area contributed by atoms with Gasteiger partial charge in [-0.25, -0.2) is 0 Å². The van der Waals surface area contributed by atoms with E-state index < -0.39 is 0 Å². The van der Waals surface area contributed by atoms with Crippen LogP contribution in [0.5, 0.6) is 0 Å². The van der Waals surface area contributed by atoms with Gasteiger partial charge in [-0.05, 0) is 50.1 Å². The van der Waals surface area contributed by atoms with Crippen molar-refractivity contribution in [2.24, 2.45) is 0 Å². The Morgan fingerprint density at radius 3 is 2.71 bits per heavy atom. The average molecular weight is 303 g/mol. The molecular formula is C17H21NO2S. The summed E-state index contributed by atoms with van der Waals surface area (Å²) >= 11 is 1.76. The molecule has 1 heterocycles. The minimum atomic E-state index is -0.0521. The van der Waals surface area contributed by atoms with E-state index in [9.17, 15) is 4.79 Å². The second-order valence-corrected chi connectivity index (χ2v) is 6.66. The summed E-state index contributed by atoms with van der Waals surface area (Å²) in [6.45, 7) is 6.71. The largest absolute Gasteiger partial charge is 0.380 e. The van der Waals surface area contributed by atoms with Crippen LogP contribution in [0, 0.1) is 13.8 Å². The predicted octanol–water partition coefficient (Wildman–Crippen LogP) is 4.00. The van der Waals surface area contributed by atoms with Crippen molar-refractivity contribution in [2.75, 3.05) is 7.11 Å². The third-order valence-corrected chi connectivity index (χ3v) is 4.38. The van der Waals surface area contributed by atoms with E-state index in [2.05, 4.69) is 25.2 Å². The highest BCUT2D eigenvalue weighted by molar-refractivity contribution is 7.12. The van der Waals surface area contributed by atoms with Crippen LogP contribution in [-0.4, -0.2) is 13.0 Å². The summed E-state index contributed by atoms with van der Waals surface area (Å²) in [5, 5.41) is 3.06. The molecule has 0 radical (unpaired) electrons. The molecule has 21 heavy (non-hydrogen) atoms. The fourth-order valence-corrected chi connectivity index (χ4v) is 3.43. The standard InChI is InChI=1S/C17H21NO2S/c1-11-8-16(13(3)21-11)12(2)18-17(19)15-7-5-6-14(9-15)10-20-4/h5-9,12H,10H2,1-4H3,(H,18,19). The van der Waals surface area contributed by atoms with E-state index in [1.165, 1.54) is 15.3 Å². The third kappa shape index (κ3) is 3.93. The molecule has 1 aromatic heterocycles. The van der Waals surface area contributed by atoms with E-state index in [-0.39, 0.29) is 11.9 Å². The van der Waals surface area contributed by atoms with Gasteiger partial charge in [-0.15, -0.1) is 11.3 Å². The van der Waals surface area contributed by atoms with Crippen molar-refractivity contribution in [3.8, 4) is 0 Å². The molecule has 1 amide bonds. The van der Waals surface area contributed by atoms with E-state index in [1.54, 1.807) is 18.4 Å². The molecule has 2 aromatic rings. The van der Waals surface area contributed by atoms with Crippen molar-refractivity contribution in [2.45, 2.75) is 33.4 Å². The Balaban J connectivity index is 2.10. The summed E-state index contributed by atoms with van der Waals surface area (Å²) in [5.74, 6) is -0.0521. The number of rotatable bonds is 5. The average Bonchev–Trinajstić information content (AvgIpc) is 2.78. The van der Waals surface area contributed by atoms with Crippen LogP contribution in [0.2, 0.25) is 0 Å². The number of aryl methyl sites for hydroxylation is 2. The van der Waals surface area contributed by atoms with Crippen molar-refractivity contribution in [1.82, 2.24) is 5.32 Å². The smallest absolute Gasteiger partial charge is 0.251 e. The highest BCUT2D eigenvalue weighted by atomic mass is 32.1. The molecule has 1 N–H and O–H groups in total. The van der Waals surface area contributed by atoms with Crippen molar-refractivity contribution < 1.29 is 9.53 Å². The van der Waals surface area contributed by atoms with E-state index in [4.69, 9.17) is 4.74 Å². The molecule has 0 saturated carbocycles. The molecule has 1 aromatic carbocycles. The van der Waals surface area contributed by atoms with E-state index in [0.717, 1.165) is 5.56 Å². The lowest BCUT2D eigenvalue weighted by atomic mass is 10.1. The first-order valence-electron chi connectivity index (χ1n) is 6.97. The fourth-order valence-electron chi connectivity index (χ4n) is 2.41. The van der Waals surface area contributed by atoms with Gasteiger partial charge in [0.05, 0.1) is 12.6 Å². The molecule has 0 aliphatic carbocycles. The van der Waals surface area contributed by atoms with Gasteiger partial charge in [-0.2, -0.15) is 0 Å². The molecule has 0 fully saturated rings. The number of hydrogen-bond acceptors (Lipinski definition) is 3. The van der Waals surface area contributed by atoms with Crippen LogP contribution in [0.1, 0.15) is 44.2 Å². The van der Waals surface area contributed by atoms with Crippen molar-refractivity contribution >= 4 is 17.2 Å². The first-order chi connectivity index (χ1) is 10.0. The van der Waals surface area contributed by atoms with E-state index in [1.807, 2.05) is 31.2 Å². The molecular weight excluding hydrogens is 282 g/mol. The number of ether oxygens (including phenoxy) is 1. The Kier molecular flexibility index (Phi) is 5.15. The second-order valence-electron chi connectivity index (χ2n) is 5.20. The van der Waals surface area contributed by atoms with Crippen LogP contribution < -0.4 is 5.32 Å². The molecule has 0 aliphatic rings. The Labute approximate surface area is 130 Å². The summed E-state index contributed by atoms with van der Waals surface area (Å²) in [7, 11) is 1.65. The highest BCUT2D eigenvalue weighted by Gasteiger charge is 2.15. The number of methoxy groups -OCH3 is 1. The van der Waals surface area contributed by atoms with Gasteiger partial charge in [-0.1, -0.05) is 12.1 Å². The van der Waals surface area contributed by atoms with Gasteiger partial charge in [0.2, 0.25) is 0 Å². The van der Waals surface area contributed by atoms with Crippen LogP contribution >= 0.6 is 11.3 Å². The minimum Gasteiger partial charge on any atom is -0.380 e. The molecule has 0 saturated heterocycles. The van der Waals surface area contributed by atoms with Crippen LogP contribution in [0.15, 0.2) is 30.3 Å². The number of hydrogen-bond donors (Lipinski definition) is 1. The summed E-state index contributed by atoms with van der Waals surface area (Å²) in [6.07, 6.45) is 0. The summed E-state index contributed by atoms with van der Waals surface area (Å²) in [6, 6.07) is 9.69. The number of benzene rings is 1. The number of thiophene rings is 1. The van der Waals surface area contributed by atoms with Gasteiger partial charge in [0.15, 0.2) is 0 Å². The van der Waals surface area contributed by atoms with Crippen LogP contribution in [-0.2, 0) is 11.3 Å². The monoisotopic (exact) mass is 303 g/mol. The van der Waals surface area contributed by atoms with Crippen molar-refractivity contribution in [3.63, 3.8) is 0 Å². The SMILES string of the molecule is COCc1cccc(C(=O)NC(C)c2cc(C)sc2C)c1. The maximum atomic E-state index is 12.4. The lowest BCUT2D eigenvalue weighted by Crippen LogP contribution is -2.26. The molecule has 2 rings (SSSR count). The normalized spacial score (nSPS) is 12.2. The number of carbonyl (C=O) groups is 1. The van der Waals surface area contributed by atoms with Gasteiger partial charge in [0, 0.05) is 22.4 Å². The first-order valence-corrected chi connectivity index (χ1v) is 7.78. The molecule has 112 valence electrons. The molecule has 0 aliphatic heterocycles. The molecule has 1 unspecified atom stereocenters. The van der Waals surface area contributed by atoms with Gasteiger partial charge in [0.1, 0.15) is 0 Å². The van der Waals surface area contributed by atoms with Gasteiger partial charge >= 0.3 is 0 Å².